The number of nitrogens with zero attached hydrogens (tertiary/aromatic N) is 4. The Bertz CT molecular complexity index is 1110. The lowest BCUT2D eigenvalue weighted by molar-refractivity contribution is -0.142. The second-order valence-electron chi connectivity index (χ2n) is 10.0. The van der Waals surface area contributed by atoms with Crippen molar-refractivity contribution in [2.75, 3.05) is 13.1 Å². The second kappa shape index (κ2) is 9.47. The van der Waals surface area contributed by atoms with Gasteiger partial charge in [-0.3, -0.25) is 14.5 Å². The van der Waals surface area contributed by atoms with Crippen LogP contribution in [0.25, 0.3) is 0 Å². The highest BCUT2D eigenvalue weighted by atomic mass is 32.2. The number of likely N-dealkylation sites (tertiary alicyclic amines) is 3. The number of nitriles is 1. The molecule has 10 heteroatoms. The highest BCUT2D eigenvalue weighted by Gasteiger charge is 2.55. The number of piperidine rings is 1. The largest absolute Gasteiger partial charge is 0.330 e. The molecule has 7 atom stereocenters. The van der Waals surface area contributed by atoms with Gasteiger partial charge in [0.2, 0.25) is 11.8 Å². The maximum Gasteiger partial charge on any atom is 0.308 e. The molecule has 182 valence electrons. The van der Waals surface area contributed by atoms with E-state index in [2.05, 4.69) is 54.0 Å². The monoisotopic (exact) mass is 485 g/mol. The standard InChI is InChI=1S/C24H30N4O2.HNO2S/c1-14-4-6-17(7-5-14)16(3)27-20-10-22(24(27)30)26(13-20)12-15(2)23(29)28-19(11-25)8-18-9-21(18)28;1-4(2)3/h4-7,15-16,18-22H,8-10,12-13H2,1-3H3;1H/t15-,16-,18+,19-,20-,21?,22-;/m0./s1. The molecule has 1 aliphatic carbocycles. The van der Waals surface area contributed by atoms with E-state index >= 15 is 0 Å². The normalized spacial score (nSPS) is 30.8. The van der Waals surface area contributed by atoms with E-state index in [9.17, 15) is 14.9 Å². The van der Waals surface area contributed by atoms with Crippen molar-refractivity contribution in [3.63, 3.8) is 0 Å². The Labute approximate surface area is 201 Å². The second-order valence-corrected chi connectivity index (χ2v) is 10.5. The molecule has 0 spiro atoms. The maximum absolute atomic E-state index is 13.2. The molecule has 3 aliphatic heterocycles. The summed E-state index contributed by atoms with van der Waals surface area (Å²) in [4.78, 5) is 32.3. The van der Waals surface area contributed by atoms with Crippen molar-refractivity contribution < 1.29 is 18.0 Å². The molecule has 0 aromatic heterocycles. The summed E-state index contributed by atoms with van der Waals surface area (Å²) in [5.74, 6) is 0.631. The third kappa shape index (κ3) is 4.59. The van der Waals surface area contributed by atoms with E-state index in [-0.39, 0.29) is 47.9 Å². The molecule has 1 aromatic carbocycles. The number of carbonyl (C=O) groups excluding carboxylic acids is 2. The Balaban J connectivity index is 0.000000636. The first-order chi connectivity index (χ1) is 16.1. The van der Waals surface area contributed by atoms with Gasteiger partial charge in [-0.15, -0.1) is 0 Å². The fraction of sp³-hybridized carbons (Fsp3) is 0.625. The van der Waals surface area contributed by atoms with Crippen molar-refractivity contribution in [3.8, 4) is 6.07 Å². The molecule has 1 unspecified atom stereocenters. The first-order valence-electron chi connectivity index (χ1n) is 11.8. The van der Waals surface area contributed by atoms with E-state index in [1.165, 1.54) is 11.1 Å². The van der Waals surface area contributed by atoms with Crippen molar-refractivity contribution >= 4 is 22.3 Å². The minimum absolute atomic E-state index is 0.0714. The molecule has 1 N–H and O–H groups in total. The lowest BCUT2D eigenvalue weighted by Gasteiger charge is -2.38. The summed E-state index contributed by atoms with van der Waals surface area (Å²) in [6.45, 7) is 7.57. The zero-order valence-electron chi connectivity index (χ0n) is 19.7. The first kappa shape index (κ1) is 24.4. The summed E-state index contributed by atoms with van der Waals surface area (Å²) >= 11 is 0. The Hall–Kier alpha value is -2.77. The number of nitrogens with one attached hydrogen (secondary N) is 1. The minimum Gasteiger partial charge on any atom is -0.330 e. The molecule has 5 rings (SSSR count). The third-order valence-electron chi connectivity index (χ3n) is 7.73. The van der Waals surface area contributed by atoms with Crippen LogP contribution in [-0.4, -0.2) is 72.2 Å². The lowest BCUT2D eigenvalue weighted by Crippen LogP contribution is -2.53. The molecule has 4 fully saturated rings. The number of carbonyl (C=O) groups is 2. The van der Waals surface area contributed by atoms with Gasteiger partial charge in [0.1, 0.15) is 6.04 Å². The van der Waals surface area contributed by atoms with Crippen LogP contribution in [0.1, 0.15) is 50.3 Å². The van der Waals surface area contributed by atoms with Crippen LogP contribution in [0.3, 0.4) is 0 Å². The average Bonchev–Trinajstić information content (AvgIpc) is 3.12. The van der Waals surface area contributed by atoms with Crippen molar-refractivity contribution in [1.82, 2.24) is 14.7 Å². The SMILES string of the molecule is Cc1ccc([C@H](C)N2C(=O)[C@@H]3C[C@H]2CN3C[C@H](C)C(=O)N2C3C[C@H]3C[C@H]2C#N)cc1.N=S(=O)=O. The van der Waals surface area contributed by atoms with E-state index in [0.717, 1.165) is 25.8 Å². The molecule has 3 heterocycles. The van der Waals surface area contributed by atoms with Crippen LogP contribution in [-0.2, 0) is 20.1 Å². The van der Waals surface area contributed by atoms with Gasteiger partial charge in [-0.25, -0.2) is 0 Å². The molecular formula is C24H31N5O4S. The number of hydrogen-bond donors (Lipinski definition) is 1. The first-order valence-corrected chi connectivity index (χ1v) is 12.8. The van der Waals surface area contributed by atoms with Crippen LogP contribution in [0, 0.1) is 34.9 Å². The fourth-order valence-electron chi connectivity index (χ4n) is 5.98. The van der Waals surface area contributed by atoms with Gasteiger partial charge in [-0.05, 0) is 44.6 Å². The Morgan fingerprint density at radius 2 is 1.85 bits per heavy atom. The summed E-state index contributed by atoms with van der Waals surface area (Å²) in [5, 5.41) is 9.40. The molecule has 9 nitrogen and oxygen atoms in total. The van der Waals surface area contributed by atoms with E-state index in [1.807, 2.05) is 11.8 Å². The van der Waals surface area contributed by atoms with Gasteiger partial charge in [0.15, 0.2) is 0 Å². The molecule has 1 aromatic rings. The van der Waals surface area contributed by atoms with Crippen LogP contribution in [0.5, 0.6) is 0 Å². The fourth-order valence-corrected chi connectivity index (χ4v) is 5.98. The lowest BCUT2D eigenvalue weighted by atomic mass is 10.0. The van der Waals surface area contributed by atoms with Crippen molar-refractivity contribution in [2.45, 2.75) is 70.2 Å². The van der Waals surface area contributed by atoms with Gasteiger partial charge in [-0.1, -0.05) is 36.8 Å². The summed E-state index contributed by atoms with van der Waals surface area (Å²) in [6, 6.07) is 10.9. The zero-order chi connectivity index (χ0) is 24.7. The summed E-state index contributed by atoms with van der Waals surface area (Å²) in [6.07, 6.45) is 2.74. The molecule has 3 saturated heterocycles. The van der Waals surface area contributed by atoms with Crippen LogP contribution in [0.4, 0.5) is 0 Å². The number of amides is 2. The highest BCUT2D eigenvalue weighted by Crippen LogP contribution is 2.48. The number of piperazine rings is 1. The highest BCUT2D eigenvalue weighted by molar-refractivity contribution is 7.60. The molecule has 4 aliphatic rings. The van der Waals surface area contributed by atoms with E-state index in [1.54, 1.807) is 0 Å². The van der Waals surface area contributed by atoms with Gasteiger partial charge < -0.3 is 9.80 Å². The number of aryl methyl sites for hydroxylation is 1. The van der Waals surface area contributed by atoms with Crippen molar-refractivity contribution in [2.24, 2.45) is 11.8 Å². The van der Waals surface area contributed by atoms with Crippen LogP contribution in [0.15, 0.2) is 24.3 Å². The van der Waals surface area contributed by atoms with Crippen molar-refractivity contribution in [3.05, 3.63) is 35.4 Å². The maximum atomic E-state index is 13.2. The van der Waals surface area contributed by atoms with Crippen LogP contribution in [0.2, 0.25) is 0 Å². The van der Waals surface area contributed by atoms with Crippen molar-refractivity contribution in [1.29, 1.82) is 10.0 Å². The van der Waals surface area contributed by atoms with Gasteiger partial charge in [0.25, 0.3) is 0 Å². The van der Waals surface area contributed by atoms with Crippen LogP contribution < -0.4 is 0 Å². The number of hydrogen-bond acceptors (Lipinski definition) is 7. The molecular weight excluding hydrogens is 454 g/mol. The third-order valence-corrected chi connectivity index (χ3v) is 7.73. The molecule has 2 bridgehead atoms. The Morgan fingerprint density at radius 3 is 2.44 bits per heavy atom. The Morgan fingerprint density at radius 1 is 1.21 bits per heavy atom. The molecule has 1 saturated carbocycles. The van der Waals surface area contributed by atoms with Gasteiger partial charge in [-0.2, -0.15) is 18.5 Å². The average molecular weight is 486 g/mol. The predicted molar refractivity (Wildman–Crippen MR) is 124 cm³/mol. The number of rotatable bonds is 5. The van der Waals surface area contributed by atoms with E-state index in [0.29, 0.717) is 12.5 Å². The number of fused-ring (bicyclic) bond motifs is 3. The van der Waals surface area contributed by atoms with Gasteiger partial charge in [0.05, 0.1) is 18.2 Å². The topological polar surface area (TPSA) is 126 Å². The quantitative estimate of drug-likeness (QED) is 0.681. The predicted octanol–water partition coefficient (Wildman–Crippen LogP) is 2.12. The molecule has 34 heavy (non-hydrogen) atoms. The molecule has 2 amide bonds. The minimum atomic E-state index is -2.61. The van der Waals surface area contributed by atoms with Gasteiger partial charge in [0, 0.05) is 31.1 Å². The van der Waals surface area contributed by atoms with Gasteiger partial charge >= 0.3 is 10.5 Å². The summed E-state index contributed by atoms with van der Waals surface area (Å²) in [5.41, 5.74) is 2.39. The smallest absolute Gasteiger partial charge is 0.308 e. The molecule has 0 radical (unpaired) electrons. The number of benzene rings is 1. The zero-order valence-corrected chi connectivity index (χ0v) is 20.5. The van der Waals surface area contributed by atoms with Crippen LogP contribution >= 0.6 is 0 Å². The van der Waals surface area contributed by atoms with E-state index < -0.39 is 10.5 Å². The Kier molecular flexibility index (Phi) is 6.78. The van der Waals surface area contributed by atoms with E-state index in [4.69, 9.17) is 13.2 Å². The summed E-state index contributed by atoms with van der Waals surface area (Å²) < 4.78 is 22.8. The summed E-state index contributed by atoms with van der Waals surface area (Å²) in [7, 11) is -2.61.